The number of nitrogens with zero attached hydrogens (tertiary/aromatic N) is 1. The molecular weight excluding hydrogens is 366 g/mol. The summed E-state index contributed by atoms with van der Waals surface area (Å²) in [7, 11) is 1.63. The van der Waals surface area contributed by atoms with Crippen LogP contribution in [-0.2, 0) is 6.42 Å². The minimum atomic E-state index is -0.171. The van der Waals surface area contributed by atoms with Crippen LogP contribution in [0.2, 0.25) is 0 Å². The molecule has 0 aliphatic carbocycles. The van der Waals surface area contributed by atoms with Crippen LogP contribution in [0.5, 0.6) is 5.75 Å². The summed E-state index contributed by atoms with van der Waals surface area (Å²) < 4.78 is 5.21. The van der Waals surface area contributed by atoms with Gasteiger partial charge in [-0.2, -0.15) is 0 Å². The summed E-state index contributed by atoms with van der Waals surface area (Å²) in [6.07, 6.45) is 2.28. The molecule has 0 aliphatic rings. The number of Topliss-reactive ketones (excluding diaryl/α,β-unsaturated/α-hetero) is 1. The van der Waals surface area contributed by atoms with Crippen molar-refractivity contribution in [2.75, 3.05) is 19.0 Å². The van der Waals surface area contributed by atoms with Gasteiger partial charge in [0.2, 0.25) is 0 Å². The Hall–Kier alpha value is -3.67. The van der Waals surface area contributed by atoms with Crippen LogP contribution in [0, 0.1) is 0 Å². The van der Waals surface area contributed by atoms with Crippen molar-refractivity contribution in [2.45, 2.75) is 13.3 Å². The standard InChI is InChI=1S/C23H23N3O3/c1-16(27)18-6-4-7-20(14-18)26-22-15-19(10-12-24-22)23(28)25-11-9-17-5-3-8-21(13-17)29-2/h3-8,10,12-15H,9,11H2,1-2H3,(H,24,26)(H,25,28). The fourth-order valence-electron chi connectivity index (χ4n) is 2.85. The molecule has 2 N–H and O–H groups in total. The van der Waals surface area contributed by atoms with Crippen LogP contribution in [-0.4, -0.2) is 30.3 Å². The summed E-state index contributed by atoms with van der Waals surface area (Å²) in [5, 5.41) is 6.05. The molecule has 1 amide bonds. The van der Waals surface area contributed by atoms with Gasteiger partial charge in [0.05, 0.1) is 7.11 Å². The Morgan fingerprint density at radius 1 is 1.00 bits per heavy atom. The molecule has 0 radical (unpaired) electrons. The van der Waals surface area contributed by atoms with Crippen LogP contribution in [0.25, 0.3) is 0 Å². The van der Waals surface area contributed by atoms with Crippen molar-refractivity contribution < 1.29 is 14.3 Å². The number of ether oxygens (including phenoxy) is 1. The minimum absolute atomic E-state index is 0.00854. The third-order valence-electron chi connectivity index (χ3n) is 4.40. The van der Waals surface area contributed by atoms with Gasteiger partial charge in [-0.15, -0.1) is 0 Å². The van der Waals surface area contributed by atoms with Crippen molar-refractivity contribution in [3.63, 3.8) is 0 Å². The van der Waals surface area contributed by atoms with E-state index in [1.165, 1.54) is 6.92 Å². The van der Waals surface area contributed by atoms with Crippen molar-refractivity contribution in [1.29, 1.82) is 0 Å². The van der Waals surface area contributed by atoms with Crippen LogP contribution in [0.1, 0.15) is 33.2 Å². The lowest BCUT2D eigenvalue weighted by molar-refractivity contribution is 0.0953. The number of rotatable bonds is 8. The number of hydrogen-bond acceptors (Lipinski definition) is 5. The molecule has 0 aliphatic heterocycles. The normalized spacial score (nSPS) is 10.3. The van der Waals surface area contributed by atoms with Gasteiger partial charge in [0.15, 0.2) is 5.78 Å². The number of pyridine rings is 1. The summed E-state index contributed by atoms with van der Waals surface area (Å²) in [5.41, 5.74) is 2.95. The summed E-state index contributed by atoms with van der Waals surface area (Å²) >= 11 is 0. The van der Waals surface area contributed by atoms with Gasteiger partial charge in [-0.1, -0.05) is 24.3 Å². The molecule has 0 spiro atoms. The smallest absolute Gasteiger partial charge is 0.251 e. The zero-order valence-electron chi connectivity index (χ0n) is 16.4. The van der Waals surface area contributed by atoms with Crippen LogP contribution in [0.3, 0.4) is 0 Å². The third kappa shape index (κ3) is 5.65. The third-order valence-corrected chi connectivity index (χ3v) is 4.40. The molecule has 0 saturated heterocycles. The molecule has 1 heterocycles. The van der Waals surface area contributed by atoms with E-state index in [2.05, 4.69) is 15.6 Å². The number of benzene rings is 2. The van der Waals surface area contributed by atoms with Crippen LogP contribution < -0.4 is 15.4 Å². The lowest BCUT2D eigenvalue weighted by Crippen LogP contribution is -2.25. The van der Waals surface area contributed by atoms with E-state index < -0.39 is 0 Å². The van der Waals surface area contributed by atoms with Gasteiger partial charge in [0.1, 0.15) is 11.6 Å². The lowest BCUT2D eigenvalue weighted by Gasteiger charge is -2.09. The predicted octanol–water partition coefficient (Wildman–Crippen LogP) is 4.01. The molecule has 2 aromatic carbocycles. The van der Waals surface area contributed by atoms with Crippen LogP contribution in [0.4, 0.5) is 11.5 Å². The highest BCUT2D eigenvalue weighted by molar-refractivity contribution is 5.96. The number of ketones is 1. The fraction of sp³-hybridized carbons (Fsp3) is 0.174. The number of aromatic nitrogens is 1. The zero-order chi connectivity index (χ0) is 20.6. The monoisotopic (exact) mass is 389 g/mol. The highest BCUT2D eigenvalue weighted by Gasteiger charge is 2.08. The molecule has 0 fully saturated rings. The molecule has 3 rings (SSSR count). The van der Waals surface area contributed by atoms with Gasteiger partial charge in [-0.05, 0) is 55.3 Å². The molecule has 0 bridgehead atoms. The second-order valence-electron chi connectivity index (χ2n) is 6.55. The van der Waals surface area contributed by atoms with Gasteiger partial charge in [-0.25, -0.2) is 4.98 Å². The predicted molar refractivity (Wildman–Crippen MR) is 113 cm³/mol. The van der Waals surface area contributed by atoms with Gasteiger partial charge >= 0.3 is 0 Å². The Bertz CT molecular complexity index is 1020. The Morgan fingerprint density at radius 2 is 1.83 bits per heavy atom. The fourth-order valence-corrected chi connectivity index (χ4v) is 2.85. The molecule has 0 atom stereocenters. The van der Waals surface area contributed by atoms with Crippen molar-refractivity contribution in [2.24, 2.45) is 0 Å². The van der Waals surface area contributed by atoms with E-state index in [4.69, 9.17) is 4.74 Å². The lowest BCUT2D eigenvalue weighted by atomic mass is 10.1. The highest BCUT2D eigenvalue weighted by Crippen LogP contribution is 2.17. The number of methoxy groups -OCH3 is 1. The number of hydrogen-bond donors (Lipinski definition) is 2. The zero-order valence-corrected chi connectivity index (χ0v) is 16.4. The maximum atomic E-state index is 12.5. The average Bonchev–Trinajstić information content (AvgIpc) is 2.74. The first-order valence-corrected chi connectivity index (χ1v) is 9.30. The van der Waals surface area contributed by atoms with Crippen molar-refractivity contribution in [3.8, 4) is 5.75 Å². The molecule has 148 valence electrons. The molecule has 29 heavy (non-hydrogen) atoms. The molecule has 6 heteroatoms. The Morgan fingerprint density at radius 3 is 2.62 bits per heavy atom. The van der Waals surface area contributed by atoms with Crippen molar-refractivity contribution >= 4 is 23.2 Å². The topological polar surface area (TPSA) is 80.3 Å². The first kappa shape index (κ1) is 20.1. The molecular formula is C23H23N3O3. The Balaban J connectivity index is 1.60. The molecule has 3 aromatic rings. The van der Waals surface area contributed by atoms with E-state index in [0.717, 1.165) is 17.0 Å². The first-order valence-electron chi connectivity index (χ1n) is 9.30. The first-order chi connectivity index (χ1) is 14.0. The largest absolute Gasteiger partial charge is 0.497 e. The van der Waals surface area contributed by atoms with Gasteiger partial charge < -0.3 is 15.4 Å². The molecule has 6 nitrogen and oxygen atoms in total. The van der Waals surface area contributed by atoms with E-state index in [0.29, 0.717) is 29.9 Å². The van der Waals surface area contributed by atoms with Crippen molar-refractivity contribution in [3.05, 3.63) is 83.6 Å². The molecule has 0 unspecified atom stereocenters. The highest BCUT2D eigenvalue weighted by atomic mass is 16.5. The van der Waals surface area contributed by atoms with E-state index in [1.807, 2.05) is 30.3 Å². The summed E-state index contributed by atoms with van der Waals surface area (Å²) in [6, 6.07) is 18.3. The average molecular weight is 389 g/mol. The van der Waals surface area contributed by atoms with Crippen LogP contribution in [0.15, 0.2) is 66.9 Å². The van der Waals surface area contributed by atoms with Crippen molar-refractivity contribution in [1.82, 2.24) is 10.3 Å². The Labute approximate surface area is 169 Å². The van der Waals surface area contributed by atoms with Crippen LogP contribution >= 0.6 is 0 Å². The second kappa shape index (κ2) is 9.50. The van der Waals surface area contributed by atoms with E-state index >= 15 is 0 Å². The minimum Gasteiger partial charge on any atom is -0.497 e. The quantitative estimate of drug-likeness (QED) is 0.569. The van der Waals surface area contributed by atoms with Gasteiger partial charge in [0, 0.05) is 29.6 Å². The SMILES string of the molecule is COc1cccc(CCNC(=O)c2ccnc(Nc3cccc(C(C)=O)c3)c2)c1. The molecule has 1 aromatic heterocycles. The molecule has 0 saturated carbocycles. The number of anilines is 2. The number of carbonyl (C=O) groups excluding carboxylic acids is 2. The van der Waals surface area contributed by atoms with Gasteiger partial charge in [-0.3, -0.25) is 9.59 Å². The van der Waals surface area contributed by atoms with E-state index in [1.54, 1.807) is 43.6 Å². The van der Waals surface area contributed by atoms with E-state index in [-0.39, 0.29) is 11.7 Å². The summed E-state index contributed by atoms with van der Waals surface area (Å²) in [4.78, 5) is 28.2. The number of carbonyl (C=O) groups is 2. The van der Waals surface area contributed by atoms with E-state index in [9.17, 15) is 9.59 Å². The second-order valence-corrected chi connectivity index (χ2v) is 6.55. The maximum absolute atomic E-state index is 12.5. The maximum Gasteiger partial charge on any atom is 0.251 e. The van der Waals surface area contributed by atoms with Gasteiger partial charge in [0.25, 0.3) is 5.91 Å². The summed E-state index contributed by atoms with van der Waals surface area (Å²) in [6.45, 7) is 2.03. The summed E-state index contributed by atoms with van der Waals surface area (Å²) in [5.74, 6) is 1.15. The number of nitrogens with one attached hydrogen (secondary N) is 2. The number of amides is 1. The Kier molecular flexibility index (Phi) is 6.58.